The molecule has 118 valence electrons. The zero-order valence-corrected chi connectivity index (χ0v) is 15.7. The van der Waals surface area contributed by atoms with Gasteiger partial charge in [0.1, 0.15) is 5.76 Å². The average Bonchev–Trinajstić information content (AvgIpc) is 2.74. The fourth-order valence-electron chi connectivity index (χ4n) is 2.02. The molecule has 0 aliphatic carbocycles. The van der Waals surface area contributed by atoms with E-state index in [9.17, 15) is 4.79 Å². The first-order valence-corrected chi connectivity index (χ1v) is 8.27. The van der Waals surface area contributed by atoms with Crippen LogP contribution in [-0.2, 0) is 16.6 Å². The van der Waals surface area contributed by atoms with E-state index >= 15 is 0 Å². The van der Waals surface area contributed by atoms with E-state index in [-0.39, 0.29) is 17.7 Å². The fourth-order valence-corrected chi connectivity index (χ4v) is 2.67. The number of carbonyl (C=O) groups excluding carboxylic acids is 1. The van der Waals surface area contributed by atoms with E-state index in [1.807, 2.05) is 52.8 Å². The number of benzene rings is 1. The fraction of sp³-hybridized carbons (Fsp3) is 0.412. The second-order valence-electron chi connectivity index (χ2n) is 6.46. The lowest BCUT2D eigenvalue weighted by atomic mass is 9.97. The number of hydrogen-bond donors (Lipinski definition) is 1. The number of anilines is 1. The van der Waals surface area contributed by atoms with Crippen molar-refractivity contribution in [3.63, 3.8) is 0 Å². The molecule has 2 aromatic rings. The normalized spacial score (nSPS) is 11.5. The monoisotopic (exact) mass is 412 g/mol. The Bertz CT molecular complexity index is 699. The third-order valence-corrected chi connectivity index (χ3v) is 3.99. The molecular weight excluding hydrogens is 391 g/mol. The number of carbonyl (C=O) groups is 1. The van der Waals surface area contributed by atoms with Crippen LogP contribution in [0.5, 0.6) is 0 Å². The van der Waals surface area contributed by atoms with Crippen molar-refractivity contribution in [2.24, 2.45) is 0 Å². The lowest BCUT2D eigenvalue weighted by molar-refractivity contribution is -0.115. The number of rotatable bonds is 3. The summed E-state index contributed by atoms with van der Waals surface area (Å²) in [5, 5.41) is 2.93. The van der Waals surface area contributed by atoms with Crippen LogP contribution in [0.25, 0.3) is 0 Å². The number of amides is 1. The van der Waals surface area contributed by atoms with Crippen molar-refractivity contribution >= 4 is 34.2 Å². The van der Waals surface area contributed by atoms with Crippen LogP contribution in [0.1, 0.15) is 43.7 Å². The van der Waals surface area contributed by atoms with E-state index in [0.717, 1.165) is 20.5 Å². The van der Waals surface area contributed by atoms with Crippen molar-refractivity contribution < 1.29 is 9.21 Å². The maximum atomic E-state index is 12.2. The lowest BCUT2D eigenvalue weighted by Crippen LogP contribution is -2.15. The Hall–Kier alpha value is -1.37. The number of nitrogens with one attached hydrogen (secondary N) is 1. The molecule has 2 rings (SSSR count). The second-order valence-corrected chi connectivity index (χ2v) is 7.71. The summed E-state index contributed by atoms with van der Waals surface area (Å²) in [6, 6.07) is 5.93. The van der Waals surface area contributed by atoms with E-state index < -0.39 is 0 Å². The first kappa shape index (κ1) is 17.0. The molecule has 1 amide bonds. The molecule has 0 aliphatic rings. The van der Waals surface area contributed by atoms with Gasteiger partial charge in [0, 0.05) is 14.7 Å². The zero-order chi connectivity index (χ0) is 16.5. The van der Waals surface area contributed by atoms with Crippen molar-refractivity contribution in [1.82, 2.24) is 4.98 Å². The molecule has 0 spiro atoms. The molecule has 0 bridgehead atoms. The van der Waals surface area contributed by atoms with Gasteiger partial charge in [0.25, 0.3) is 0 Å². The van der Waals surface area contributed by atoms with Crippen LogP contribution < -0.4 is 5.32 Å². The standard InChI is InChI=1S/C17H21IN2O2/c1-10-8-12(18)6-7-13(10)20-15(21)9-14-11(2)19-16(22-14)17(3,4)5/h6-8H,9H2,1-5H3,(H,20,21). The molecular formula is C17H21IN2O2. The molecule has 0 radical (unpaired) electrons. The SMILES string of the molecule is Cc1cc(I)ccc1NC(=O)Cc1oc(C(C)(C)C)nc1C. The first-order chi connectivity index (χ1) is 10.2. The molecule has 0 saturated heterocycles. The van der Waals surface area contributed by atoms with Crippen LogP contribution in [0.4, 0.5) is 5.69 Å². The van der Waals surface area contributed by atoms with Gasteiger partial charge in [-0.3, -0.25) is 4.79 Å². The Morgan fingerprint density at radius 2 is 2.00 bits per heavy atom. The van der Waals surface area contributed by atoms with Gasteiger partial charge in [-0.1, -0.05) is 20.8 Å². The van der Waals surface area contributed by atoms with Gasteiger partial charge in [0.15, 0.2) is 5.89 Å². The lowest BCUT2D eigenvalue weighted by Gasteiger charge is -2.12. The van der Waals surface area contributed by atoms with Crippen LogP contribution in [-0.4, -0.2) is 10.9 Å². The van der Waals surface area contributed by atoms with Crippen molar-refractivity contribution in [3.05, 3.63) is 44.7 Å². The highest BCUT2D eigenvalue weighted by Gasteiger charge is 2.23. The van der Waals surface area contributed by atoms with E-state index in [1.165, 1.54) is 0 Å². The molecule has 1 aromatic heterocycles. The molecule has 5 heteroatoms. The van der Waals surface area contributed by atoms with Crippen molar-refractivity contribution in [2.45, 2.75) is 46.5 Å². The molecule has 1 N–H and O–H groups in total. The minimum atomic E-state index is -0.161. The summed E-state index contributed by atoms with van der Waals surface area (Å²) in [6.07, 6.45) is 0.195. The molecule has 4 nitrogen and oxygen atoms in total. The summed E-state index contributed by atoms with van der Waals surface area (Å²) in [7, 11) is 0. The highest BCUT2D eigenvalue weighted by atomic mass is 127. The number of oxazole rings is 1. The van der Waals surface area contributed by atoms with Gasteiger partial charge in [-0.05, 0) is 60.2 Å². The van der Waals surface area contributed by atoms with Crippen LogP contribution in [0, 0.1) is 17.4 Å². The Labute approximate surface area is 144 Å². The van der Waals surface area contributed by atoms with Crippen molar-refractivity contribution in [2.75, 3.05) is 5.32 Å². The van der Waals surface area contributed by atoms with Crippen LogP contribution in [0.15, 0.2) is 22.6 Å². The summed E-state index contributed by atoms with van der Waals surface area (Å²) < 4.78 is 6.91. The third-order valence-electron chi connectivity index (χ3n) is 3.32. The van der Waals surface area contributed by atoms with Gasteiger partial charge in [-0.15, -0.1) is 0 Å². The summed E-state index contributed by atoms with van der Waals surface area (Å²) in [6.45, 7) is 9.97. The molecule has 22 heavy (non-hydrogen) atoms. The average molecular weight is 412 g/mol. The minimum Gasteiger partial charge on any atom is -0.444 e. The highest BCUT2D eigenvalue weighted by Crippen LogP contribution is 2.24. The Morgan fingerprint density at radius 3 is 2.55 bits per heavy atom. The van der Waals surface area contributed by atoms with Crippen LogP contribution >= 0.6 is 22.6 Å². The van der Waals surface area contributed by atoms with E-state index in [4.69, 9.17) is 4.42 Å². The van der Waals surface area contributed by atoms with E-state index in [1.54, 1.807) is 0 Å². The summed E-state index contributed by atoms with van der Waals surface area (Å²) >= 11 is 2.25. The largest absolute Gasteiger partial charge is 0.444 e. The summed E-state index contributed by atoms with van der Waals surface area (Å²) in [5.74, 6) is 1.20. The number of aryl methyl sites for hydroxylation is 2. The Kier molecular flexibility index (Phi) is 4.94. The van der Waals surface area contributed by atoms with Gasteiger partial charge >= 0.3 is 0 Å². The molecule has 0 fully saturated rings. The van der Waals surface area contributed by atoms with Crippen molar-refractivity contribution in [3.8, 4) is 0 Å². The van der Waals surface area contributed by atoms with Gasteiger partial charge < -0.3 is 9.73 Å². The van der Waals surface area contributed by atoms with Crippen LogP contribution in [0.2, 0.25) is 0 Å². The summed E-state index contributed by atoms with van der Waals surface area (Å²) in [4.78, 5) is 16.7. The maximum absolute atomic E-state index is 12.2. The maximum Gasteiger partial charge on any atom is 0.232 e. The quantitative estimate of drug-likeness (QED) is 0.762. The third kappa shape index (κ3) is 4.09. The van der Waals surface area contributed by atoms with Gasteiger partial charge in [0.05, 0.1) is 12.1 Å². The predicted molar refractivity (Wildman–Crippen MR) is 96.2 cm³/mol. The van der Waals surface area contributed by atoms with Gasteiger partial charge in [-0.2, -0.15) is 0 Å². The van der Waals surface area contributed by atoms with E-state index in [2.05, 4.69) is 32.9 Å². The smallest absolute Gasteiger partial charge is 0.232 e. The molecule has 0 atom stereocenters. The molecule has 1 aromatic carbocycles. The number of nitrogens with zero attached hydrogens (tertiary/aromatic N) is 1. The van der Waals surface area contributed by atoms with E-state index in [0.29, 0.717) is 11.7 Å². The number of hydrogen-bond acceptors (Lipinski definition) is 3. The Balaban J connectivity index is 2.11. The number of halogens is 1. The van der Waals surface area contributed by atoms with Crippen molar-refractivity contribution in [1.29, 1.82) is 0 Å². The minimum absolute atomic E-state index is 0.0935. The topological polar surface area (TPSA) is 55.1 Å². The van der Waals surface area contributed by atoms with Gasteiger partial charge in [0.2, 0.25) is 5.91 Å². The molecule has 0 unspecified atom stereocenters. The predicted octanol–water partition coefficient (Wildman–Crippen LogP) is 4.37. The highest BCUT2D eigenvalue weighted by molar-refractivity contribution is 14.1. The molecule has 0 aliphatic heterocycles. The zero-order valence-electron chi connectivity index (χ0n) is 13.6. The first-order valence-electron chi connectivity index (χ1n) is 7.19. The number of aromatic nitrogens is 1. The second kappa shape index (κ2) is 6.40. The van der Waals surface area contributed by atoms with Crippen LogP contribution in [0.3, 0.4) is 0 Å². The Morgan fingerprint density at radius 1 is 1.32 bits per heavy atom. The molecule has 0 saturated carbocycles. The summed E-state index contributed by atoms with van der Waals surface area (Å²) in [5.41, 5.74) is 2.49. The molecule has 1 heterocycles. The van der Waals surface area contributed by atoms with Gasteiger partial charge in [-0.25, -0.2) is 4.98 Å².